The zero-order chi connectivity index (χ0) is 23.0. The Morgan fingerprint density at radius 3 is 2.41 bits per heavy atom. The first kappa shape index (κ1) is 22.6. The Kier molecular flexibility index (Phi) is 6.47. The van der Waals surface area contributed by atoms with Crippen molar-refractivity contribution >= 4 is 46.7 Å². The van der Waals surface area contributed by atoms with Gasteiger partial charge in [0.05, 0.1) is 22.3 Å². The van der Waals surface area contributed by atoms with Gasteiger partial charge in [0.1, 0.15) is 0 Å². The number of carbonyl (C=O) groups excluding carboxylic acids is 1. The summed E-state index contributed by atoms with van der Waals surface area (Å²) < 4.78 is 1.63. The highest BCUT2D eigenvalue weighted by Crippen LogP contribution is 2.34. The van der Waals surface area contributed by atoms with Crippen LogP contribution in [0.15, 0.2) is 42.5 Å². The van der Waals surface area contributed by atoms with E-state index in [9.17, 15) is 14.7 Å². The Morgan fingerprint density at radius 2 is 1.75 bits per heavy atom. The van der Waals surface area contributed by atoms with E-state index in [1.165, 1.54) is 0 Å². The molecular weight excluding hydrogens is 473 g/mol. The smallest absolute Gasteiger partial charge is 0.308 e. The van der Waals surface area contributed by atoms with Gasteiger partial charge >= 0.3 is 5.97 Å². The van der Waals surface area contributed by atoms with Crippen molar-refractivity contribution in [1.82, 2.24) is 14.7 Å². The van der Waals surface area contributed by atoms with Crippen molar-refractivity contribution in [3.63, 3.8) is 0 Å². The van der Waals surface area contributed by atoms with Crippen LogP contribution in [-0.2, 0) is 4.79 Å². The second kappa shape index (κ2) is 9.14. The maximum atomic E-state index is 13.4. The van der Waals surface area contributed by atoms with Gasteiger partial charge in [0, 0.05) is 34.3 Å². The van der Waals surface area contributed by atoms with Crippen LogP contribution in [0.5, 0.6) is 0 Å². The third-order valence-electron chi connectivity index (χ3n) is 5.64. The van der Waals surface area contributed by atoms with Gasteiger partial charge in [-0.1, -0.05) is 46.9 Å². The fraction of sp³-hybridized carbons (Fsp3) is 0.261. The molecule has 1 amide bonds. The average molecular weight is 493 g/mol. The van der Waals surface area contributed by atoms with Crippen LogP contribution in [0.2, 0.25) is 15.1 Å². The zero-order valence-corrected chi connectivity index (χ0v) is 19.5. The Bertz CT molecular complexity index is 1190. The molecule has 4 rings (SSSR count). The minimum Gasteiger partial charge on any atom is -0.481 e. The molecule has 166 valence electrons. The summed E-state index contributed by atoms with van der Waals surface area (Å²) in [5.74, 6) is -1.76. The Labute approximate surface area is 200 Å². The molecule has 3 aromatic rings. The molecule has 1 N–H and O–H groups in total. The van der Waals surface area contributed by atoms with Gasteiger partial charge in [-0.15, -0.1) is 0 Å². The molecule has 1 aliphatic heterocycles. The van der Waals surface area contributed by atoms with Gasteiger partial charge in [-0.25, -0.2) is 4.68 Å². The molecule has 0 aliphatic carbocycles. The largest absolute Gasteiger partial charge is 0.481 e. The summed E-state index contributed by atoms with van der Waals surface area (Å²) in [7, 11) is 0. The SMILES string of the molecule is Cc1c(C(=O)N2CCCC(C(=O)O)C2)nn(-c2ccc(Cl)cc2Cl)c1-c1ccc(Cl)cc1. The summed E-state index contributed by atoms with van der Waals surface area (Å²) in [6, 6.07) is 12.3. The van der Waals surface area contributed by atoms with E-state index in [4.69, 9.17) is 34.8 Å². The fourth-order valence-electron chi connectivity index (χ4n) is 3.99. The second-order valence-electron chi connectivity index (χ2n) is 7.77. The molecule has 0 saturated carbocycles. The lowest BCUT2D eigenvalue weighted by Gasteiger charge is -2.30. The monoisotopic (exact) mass is 491 g/mol. The summed E-state index contributed by atoms with van der Waals surface area (Å²) in [6.07, 6.45) is 1.19. The van der Waals surface area contributed by atoms with Crippen molar-refractivity contribution in [2.45, 2.75) is 19.8 Å². The molecule has 2 aromatic carbocycles. The first-order valence-corrected chi connectivity index (χ1v) is 11.2. The molecule has 1 atom stereocenters. The molecule has 1 saturated heterocycles. The molecular formula is C23H20Cl3N3O3. The Balaban J connectivity index is 1.83. The van der Waals surface area contributed by atoms with Crippen molar-refractivity contribution in [2.24, 2.45) is 5.92 Å². The van der Waals surface area contributed by atoms with E-state index in [-0.39, 0.29) is 18.1 Å². The van der Waals surface area contributed by atoms with Gasteiger partial charge in [0.25, 0.3) is 5.91 Å². The van der Waals surface area contributed by atoms with Crippen LogP contribution < -0.4 is 0 Å². The number of piperidine rings is 1. The lowest BCUT2D eigenvalue weighted by atomic mass is 9.97. The number of carboxylic acids is 1. The third-order valence-corrected chi connectivity index (χ3v) is 6.43. The standard InChI is InChI=1S/C23H20Cl3N3O3/c1-13-20(22(30)28-10-2-3-15(12-28)23(31)32)27-29(19-9-8-17(25)11-18(19)26)21(13)14-4-6-16(24)7-5-14/h4-9,11,15H,2-3,10,12H2,1H3,(H,31,32). The van der Waals surface area contributed by atoms with Crippen molar-refractivity contribution in [1.29, 1.82) is 0 Å². The molecule has 1 aliphatic rings. The second-order valence-corrected chi connectivity index (χ2v) is 9.05. The highest BCUT2D eigenvalue weighted by atomic mass is 35.5. The number of benzene rings is 2. The summed E-state index contributed by atoms with van der Waals surface area (Å²) in [5, 5.41) is 15.5. The summed E-state index contributed by atoms with van der Waals surface area (Å²) >= 11 is 18.6. The lowest BCUT2D eigenvalue weighted by Crippen LogP contribution is -2.42. The molecule has 1 unspecified atom stereocenters. The van der Waals surface area contributed by atoms with E-state index in [2.05, 4.69) is 5.10 Å². The highest BCUT2D eigenvalue weighted by Gasteiger charge is 2.32. The highest BCUT2D eigenvalue weighted by molar-refractivity contribution is 6.35. The van der Waals surface area contributed by atoms with Crippen LogP contribution in [0.3, 0.4) is 0 Å². The number of carbonyl (C=O) groups is 2. The predicted octanol–water partition coefficient (Wildman–Crippen LogP) is 5.74. The fourth-order valence-corrected chi connectivity index (χ4v) is 4.60. The van der Waals surface area contributed by atoms with E-state index >= 15 is 0 Å². The molecule has 0 bridgehead atoms. The van der Waals surface area contributed by atoms with Gasteiger partial charge in [-0.3, -0.25) is 9.59 Å². The molecule has 1 fully saturated rings. The van der Waals surface area contributed by atoms with Crippen LogP contribution in [0, 0.1) is 12.8 Å². The van der Waals surface area contributed by atoms with Gasteiger partial charge < -0.3 is 10.0 Å². The van der Waals surface area contributed by atoms with Crippen LogP contribution in [0.1, 0.15) is 28.9 Å². The summed E-state index contributed by atoms with van der Waals surface area (Å²) in [5.41, 5.74) is 3.01. The molecule has 9 heteroatoms. The number of carboxylic acid groups (broad SMARTS) is 1. The topological polar surface area (TPSA) is 75.4 Å². The predicted molar refractivity (Wildman–Crippen MR) is 125 cm³/mol. The zero-order valence-electron chi connectivity index (χ0n) is 17.2. The van der Waals surface area contributed by atoms with Crippen LogP contribution in [-0.4, -0.2) is 44.8 Å². The molecule has 0 spiro atoms. The number of likely N-dealkylation sites (tertiary alicyclic amines) is 1. The maximum absolute atomic E-state index is 13.4. The van der Waals surface area contributed by atoms with E-state index in [1.54, 1.807) is 39.9 Å². The first-order chi connectivity index (χ1) is 15.3. The molecule has 1 aromatic heterocycles. The van der Waals surface area contributed by atoms with Crippen LogP contribution in [0.4, 0.5) is 0 Å². The minimum atomic E-state index is -0.889. The Hall–Kier alpha value is -2.54. The number of aliphatic carboxylic acids is 1. The van der Waals surface area contributed by atoms with Crippen molar-refractivity contribution in [3.8, 4) is 16.9 Å². The van der Waals surface area contributed by atoms with Crippen molar-refractivity contribution in [2.75, 3.05) is 13.1 Å². The van der Waals surface area contributed by atoms with E-state index in [0.717, 1.165) is 5.56 Å². The first-order valence-electron chi connectivity index (χ1n) is 10.1. The summed E-state index contributed by atoms with van der Waals surface area (Å²) in [4.78, 5) is 26.4. The third kappa shape index (κ3) is 4.35. The van der Waals surface area contributed by atoms with Gasteiger partial charge in [0.15, 0.2) is 5.69 Å². The molecule has 0 radical (unpaired) electrons. The summed E-state index contributed by atoms with van der Waals surface area (Å²) in [6.45, 7) is 2.48. The molecule has 32 heavy (non-hydrogen) atoms. The quantitative estimate of drug-likeness (QED) is 0.503. The lowest BCUT2D eigenvalue weighted by molar-refractivity contribution is -0.143. The maximum Gasteiger partial charge on any atom is 0.308 e. The van der Waals surface area contributed by atoms with E-state index in [1.807, 2.05) is 19.1 Å². The Morgan fingerprint density at radius 1 is 1.06 bits per heavy atom. The minimum absolute atomic E-state index is 0.165. The number of aromatic nitrogens is 2. The van der Waals surface area contributed by atoms with Crippen molar-refractivity contribution < 1.29 is 14.7 Å². The van der Waals surface area contributed by atoms with Gasteiger partial charge in [-0.2, -0.15) is 5.10 Å². The molecule has 2 heterocycles. The van der Waals surface area contributed by atoms with Crippen molar-refractivity contribution in [3.05, 3.63) is 68.8 Å². The van der Waals surface area contributed by atoms with Crippen LogP contribution >= 0.6 is 34.8 Å². The average Bonchev–Trinajstić information content (AvgIpc) is 3.10. The van der Waals surface area contributed by atoms with Gasteiger partial charge in [0.2, 0.25) is 0 Å². The van der Waals surface area contributed by atoms with E-state index in [0.29, 0.717) is 51.4 Å². The number of hydrogen-bond donors (Lipinski definition) is 1. The van der Waals surface area contributed by atoms with E-state index < -0.39 is 11.9 Å². The number of nitrogens with zero attached hydrogens (tertiary/aromatic N) is 3. The van der Waals surface area contributed by atoms with Crippen LogP contribution in [0.25, 0.3) is 16.9 Å². The van der Waals surface area contributed by atoms with Gasteiger partial charge in [-0.05, 0) is 50.1 Å². The number of rotatable bonds is 4. The molecule has 6 nitrogen and oxygen atoms in total. The number of hydrogen-bond acceptors (Lipinski definition) is 3. The number of amides is 1. The normalized spacial score (nSPS) is 16.2. The number of halogens is 3.